The van der Waals surface area contributed by atoms with Crippen molar-refractivity contribution in [2.45, 2.75) is 27.7 Å². The number of rotatable bonds is 7. The van der Waals surface area contributed by atoms with Crippen molar-refractivity contribution in [3.63, 3.8) is 0 Å². The van der Waals surface area contributed by atoms with Crippen molar-refractivity contribution >= 4 is 22.4 Å². The van der Waals surface area contributed by atoms with E-state index in [-0.39, 0.29) is 5.91 Å². The van der Waals surface area contributed by atoms with Crippen LogP contribution in [-0.2, 0) is 4.79 Å². The van der Waals surface area contributed by atoms with Crippen molar-refractivity contribution < 1.29 is 18.7 Å². The smallest absolute Gasteiger partial charge is 0.244 e. The highest BCUT2D eigenvalue weighted by molar-refractivity contribution is 6.01. The van der Waals surface area contributed by atoms with Gasteiger partial charge in [-0.3, -0.25) is 4.79 Å². The van der Waals surface area contributed by atoms with Crippen molar-refractivity contribution in [2.75, 3.05) is 20.3 Å². The number of furan rings is 1. The van der Waals surface area contributed by atoms with Gasteiger partial charge < -0.3 is 19.2 Å². The Labute approximate surface area is 171 Å². The lowest BCUT2D eigenvalue weighted by Gasteiger charge is -2.15. The Kier molecular flexibility index (Phi) is 6.27. The van der Waals surface area contributed by atoms with Gasteiger partial charge in [-0.2, -0.15) is 0 Å². The van der Waals surface area contributed by atoms with E-state index in [1.165, 1.54) is 0 Å². The molecule has 152 valence electrons. The SMILES string of the molecule is CCNC(=O)/C=C(\C)c1cc2c(-c3cccc(OC)c3)coc2c(C)c1OCC. The molecule has 0 saturated carbocycles. The summed E-state index contributed by atoms with van der Waals surface area (Å²) in [5, 5.41) is 3.78. The molecule has 0 fully saturated rings. The fourth-order valence-corrected chi connectivity index (χ4v) is 3.45. The first-order valence-corrected chi connectivity index (χ1v) is 9.78. The number of likely N-dealkylation sites (N-methyl/N-ethyl adjacent to an activating group) is 1. The normalized spacial score (nSPS) is 11.6. The Morgan fingerprint density at radius 2 is 2.03 bits per heavy atom. The summed E-state index contributed by atoms with van der Waals surface area (Å²) in [7, 11) is 1.65. The van der Waals surface area contributed by atoms with E-state index in [1.807, 2.05) is 58.0 Å². The zero-order valence-corrected chi connectivity index (χ0v) is 17.6. The van der Waals surface area contributed by atoms with E-state index in [9.17, 15) is 4.79 Å². The average Bonchev–Trinajstić information content (AvgIpc) is 3.14. The summed E-state index contributed by atoms with van der Waals surface area (Å²) in [4.78, 5) is 12.1. The van der Waals surface area contributed by atoms with Crippen LogP contribution in [0.5, 0.6) is 11.5 Å². The maximum Gasteiger partial charge on any atom is 0.244 e. The van der Waals surface area contributed by atoms with Gasteiger partial charge in [0, 0.05) is 34.7 Å². The Bertz CT molecular complexity index is 1060. The second-order valence-electron chi connectivity index (χ2n) is 6.79. The highest BCUT2D eigenvalue weighted by Crippen LogP contribution is 2.41. The highest BCUT2D eigenvalue weighted by Gasteiger charge is 2.19. The molecule has 2 aromatic carbocycles. The molecule has 0 saturated heterocycles. The fourth-order valence-electron chi connectivity index (χ4n) is 3.45. The summed E-state index contributed by atoms with van der Waals surface area (Å²) in [6.45, 7) is 8.85. The maximum atomic E-state index is 12.1. The van der Waals surface area contributed by atoms with Crippen LogP contribution in [0.15, 0.2) is 47.1 Å². The third-order valence-corrected chi connectivity index (χ3v) is 4.84. The lowest BCUT2D eigenvalue weighted by Crippen LogP contribution is -2.20. The fraction of sp³-hybridized carbons (Fsp3) is 0.292. The van der Waals surface area contributed by atoms with Crippen molar-refractivity contribution in [3.8, 4) is 22.6 Å². The predicted octanol–water partition coefficient (Wildman–Crippen LogP) is 5.35. The summed E-state index contributed by atoms with van der Waals surface area (Å²) in [5.74, 6) is 1.40. The van der Waals surface area contributed by atoms with E-state index in [4.69, 9.17) is 13.9 Å². The first kappa shape index (κ1) is 20.5. The van der Waals surface area contributed by atoms with Crippen LogP contribution in [0.25, 0.3) is 27.7 Å². The molecular formula is C24H27NO4. The maximum absolute atomic E-state index is 12.1. The van der Waals surface area contributed by atoms with Gasteiger partial charge in [-0.1, -0.05) is 12.1 Å². The molecule has 0 unspecified atom stereocenters. The van der Waals surface area contributed by atoms with E-state index < -0.39 is 0 Å². The molecule has 1 aromatic heterocycles. The third-order valence-electron chi connectivity index (χ3n) is 4.84. The minimum absolute atomic E-state index is 0.120. The molecule has 0 aliphatic carbocycles. The van der Waals surface area contributed by atoms with Crippen molar-refractivity contribution in [2.24, 2.45) is 0 Å². The minimum Gasteiger partial charge on any atom is -0.497 e. The molecule has 1 N–H and O–H groups in total. The lowest BCUT2D eigenvalue weighted by atomic mass is 9.96. The van der Waals surface area contributed by atoms with Crippen molar-refractivity contribution in [1.82, 2.24) is 5.32 Å². The van der Waals surface area contributed by atoms with E-state index in [1.54, 1.807) is 19.4 Å². The predicted molar refractivity (Wildman–Crippen MR) is 116 cm³/mol. The van der Waals surface area contributed by atoms with Crippen molar-refractivity contribution in [3.05, 3.63) is 53.8 Å². The van der Waals surface area contributed by atoms with E-state index in [0.29, 0.717) is 13.2 Å². The van der Waals surface area contributed by atoms with E-state index in [0.717, 1.165) is 50.3 Å². The van der Waals surface area contributed by atoms with Crippen LogP contribution in [0, 0.1) is 6.92 Å². The number of carbonyl (C=O) groups excluding carboxylic acids is 1. The van der Waals surface area contributed by atoms with Gasteiger partial charge in [-0.15, -0.1) is 0 Å². The Morgan fingerprint density at radius 1 is 1.24 bits per heavy atom. The molecule has 3 rings (SSSR count). The molecule has 29 heavy (non-hydrogen) atoms. The number of hydrogen-bond acceptors (Lipinski definition) is 4. The van der Waals surface area contributed by atoms with Crippen molar-refractivity contribution in [1.29, 1.82) is 0 Å². The second-order valence-corrected chi connectivity index (χ2v) is 6.79. The standard InChI is InChI=1S/C24H27NO4/c1-6-25-22(26)11-15(3)19-13-20-21(17-9-8-10-18(12-17)27-5)14-29-24(20)16(4)23(19)28-7-2/h8-14H,6-7H2,1-5H3,(H,25,26)/b15-11+. The monoisotopic (exact) mass is 393 g/mol. The van der Waals surface area contributed by atoms with Gasteiger partial charge in [-0.05, 0) is 57.0 Å². The number of allylic oxidation sites excluding steroid dienone is 1. The largest absolute Gasteiger partial charge is 0.497 e. The van der Waals surface area contributed by atoms with Gasteiger partial charge in [0.05, 0.1) is 20.0 Å². The van der Waals surface area contributed by atoms with Gasteiger partial charge in [0.1, 0.15) is 17.1 Å². The summed E-state index contributed by atoms with van der Waals surface area (Å²) in [5.41, 5.74) is 5.38. The van der Waals surface area contributed by atoms with E-state index in [2.05, 4.69) is 5.32 Å². The Morgan fingerprint density at radius 3 is 2.72 bits per heavy atom. The molecule has 0 bridgehead atoms. The molecule has 3 aromatic rings. The molecule has 0 aliphatic rings. The van der Waals surface area contributed by atoms with Crippen LogP contribution in [0.4, 0.5) is 0 Å². The molecule has 0 aliphatic heterocycles. The van der Waals surface area contributed by atoms with Gasteiger partial charge in [0.15, 0.2) is 0 Å². The molecule has 0 radical (unpaired) electrons. The van der Waals surface area contributed by atoms with E-state index >= 15 is 0 Å². The van der Waals surface area contributed by atoms with Crippen LogP contribution in [0.1, 0.15) is 31.9 Å². The van der Waals surface area contributed by atoms with Crippen LogP contribution in [0.2, 0.25) is 0 Å². The molecule has 0 spiro atoms. The topological polar surface area (TPSA) is 60.7 Å². The average molecular weight is 393 g/mol. The number of carbonyl (C=O) groups is 1. The molecule has 1 amide bonds. The van der Waals surface area contributed by atoms with Gasteiger partial charge in [0.2, 0.25) is 5.91 Å². The number of fused-ring (bicyclic) bond motifs is 1. The minimum atomic E-state index is -0.120. The summed E-state index contributed by atoms with van der Waals surface area (Å²) < 4.78 is 17.2. The number of methoxy groups -OCH3 is 1. The van der Waals surface area contributed by atoms with Gasteiger partial charge in [-0.25, -0.2) is 0 Å². The van der Waals surface area contributed by atoms with Gasteiger partial charge >= 0.3 is 0 Å². The molecular weight excluding hydrogens is 366 g/mol. The first-order chi connectivity index (χ1) is 14.0. The van der Waals surface area contributed by atoms with Crippen LogP contribution < -0.4 is 14.8 Å². The summed E-state index contributed by atoms with van der Waals surface area (Å²) >= 11 is 0. The Hall–Kier alpha value is -3.21. The number of ether oxygens (including phenoxy) is 2. The summed E-state index contributed by atoms with van der Waals surface area (Å²) in [6.07, 6.45) is 3.37. The third kappa shape index (κ3) is 4.14. The highest BCUT2D eigenvalue weighted by atomic mass is 16.5. The first-order valence-electron chi connectivity index (χ1n) is 9.78. The number of benzene rings is 2. The zero-order valence-electron chi connectivity index (χ0n) is 17.6. The lowest BCUT2D eigenvalue weighted by molar-refractivity contribution is -0.116. The number of amides is 1. The number of hydrogen-bond donors (Lipinski definition) is 1. The Balaban J connectivity index is 2.22. The number of aryl methyl sites for hydroxylation is 1. The van der Waals surface area contributed by atoms with Crippen LogP contribution in [0.3, 0.4) is 0 Å². The molecule has 5 heteroatoms. The molecule has 0 atom stereocenters. The quantitative estimate of drug-likeness (QED) is 0.549. The summed E-state index contributed by atoms with van der Waals surface area (Å²) in [6, 6.07) is 9.91. The van der Waals surface area contributed by atoms with Gasteiger partial charge in [0.25, 0.3) is 0 Å². The van der Waals surface area contributed by atoms with Crippen LogP contribution >= 0.6 is 0 Å². The van der Waals surface area contributed by atoms with Crippen LogP contribution in [-0.4, -0.2) is 26.2 Å². The molecule has 1 heterocycles. The molecule has 5 nitrogen and oxygen atoms in total. The number of nitrogens with one attached hydrogen (secondary N) is 1. The second kappa shape index (κ2) is 8.86. The zero-order chi connectivity index (χ0) is 21.0.